The van der Waals surface area contributed by atoms with Crippen LogP contribution in [0.15, 0.2) is 23.1 Å². The van der Waals surface area contributed by atoms with E-state index < -0.39 is 10.0 Å². The van der Waals surface area contributed by atoms with Crippen molar-refractivity contribution in [1.29, 1.82) is 0 Å². The van der Waals surface area contributed by atoms with Crippen molar-refractivity contribution in [3.63, 3.8) is 0 Å². The minimum atomic E-state index is -3.39. The fraction of sp³-hybridized carbons (Fsp3) is 0.538. The maximum atomic E-state index is 12.2. The van der Waals surface area contributed by atoms with Crippen LogP contribution in [0.5, 0.6) is 0 Å². The van der Waals surface area contributed by atoms with E-state index in [1.54, 1.807) is 12.1 Å². The van der Waals surface area contributed by atoms with Gasteiger partial charge in [-0.25, -0.2) is 13.1 Å². The third-order valence-electron chi connectivity index (χ3n) is 3.41. The van der Waals surface area contributed by atoms with E-state index in [-0.39, 0.29) is 18.4 Å². The van der Waals surface area contributed by atoms with Crippen molar-refractivity contribution < 1.29 is 8.42 Å². The van der Waals surface area contributed by atoms with Crippen LogP contribution >= 0.6 is 12.4 Å². The van der Waals surface area contributed by atoms with Crippen LogP contribution in [0.4, 0.5) is 0 Å². The lowest BCUT2D eigenvalue weighted by Crippen LogP contribution is -2.45. The highest BCUT2D eigenvalue weighted by Crippen LogP contribution is 2.15. The van der Waals surface area contributed by atoms with Gasteiger partial charge in [-0.2, -0.15) is 0 Å². The molecule has 1 aromatic carbocycles. The van der Waals surface area contributed by atoms with E-state index in [9.17, 15) is 8.42 Å². The van der Waals surface area contributed by atoms with Gasteiger partial charge in [-0.1, -0.05) is 6.07 Å². The van der Waals surface area contributed by atoms with Gasteiger partial charge in [-0.3, -0.25) is 0 Å². The Morgan fingerprint density at radius 1 is 1.26 bits per heavy atom. The predicted octanol–water partition coefficient (Wildman–Crippen LogP) is 1.76. The number of aryl methyl sites for hydroxylation is 2. The molecule has 108 valence electrons. The Morgan fingerprint density at radius 2 is 2.00 bits per heavy atom. The second-order valence-electron chi connectivity index (χ2n) is 4.91. The summed E-state index contributed by atoms with van der Waals surface area (Å²) in [6.07, 6.45) is 1.91. The fourth-order valence-electron chi connectivity index (χ4n) is 2.12. The number of halogens is 1. The van der Waals surface area contributed by atoms with Crippen molar-refractivity contribution >= 4 is 22.4 Å². The van der Waals surface area contributed by atoms with Crippen LogP contribution in [0.1, 0.15) is 24.0 Å². The molecule has 4 nitrogen and oxygen atoms in total. The van der Waals surface area contributed by atoms with E-state index in [4.69, 9.17) is 0 Å². The number of rotatable bonds is 3. The molecule has 0 radical (unpaired) electrons. The van der Waals surface area contributed by atoms with E-state index in [1.807, 2.05) is 19.9 Å². The summed E-state index contributed by atoms with van der Waals surface area (Å²) in [5, 5.41) is 3.20. The summed E-state index contributed by atoms with van der Waals surface area (Å²) in [6.45, 7) is 5.59. The molecule has 1 aliphatic rings. The van der Waals surface area contributed by atoms with Gasteiger partial charge < -0.3 is 5.32 Å². The van der Waals surface area contributed by atoms with Crippen molar-refractivity contribution in [2.24, 2.45) is 0 Å². The van der Waals surface area contributed by atoms with Gasteiger partial charge in [0.25, 0.3) is 0 Å². The van der Waals surface area contributed by atoms with Crippen molar-refractivity contribution in [2.45, 2.75) is 37.6 Å². The molecule has 0 aromatic heterocycles. The van der Waals surface area contributed by atoms with Crippen LogP contribution in [0, 0.1) is 13.8 Å². The molecule has 1 saturated heterocycles. The summed E-state index contributed by atoms with van der Waals surface area (Å²) in [7, 11) is -3.39. The topological polar surface area (TPSA) is 58.2 Å². The van der Waals surface area contributed by atoms with E-state index in [2.05, 4.69) is 10.0 Å². The average molecular weight is 305 g/mol. The molecule has 2 rings (SSSR count). The Bertz CT molecular complexity index is 525. The van der Waals surface area contributed by atoms with Gasteiger partial charge in [0, 0.05) is 12.6 Å². The van der Waals surface area contributed by atoms with E-state index in [0.29, 0.717) is 11.4 Å². The number of piperidine rings is 1. The Morgan fingerprint density at radius 3 is 2.58 bits per heavy atom. The molecule has 1 aromatic rings. The minimum absolute atomic E-state index is 0. The second-order valence-corrected chi connectivity index (χ2v) is 6.62. The molecule has 6 heteroatoms. The normalized spacial score (nSPS) is 19.8. The van der Waals surface area contributed by atoms with Gasteiger partial charge in [-0.05, 0) is 56.5 Å². The highest BCUT2D eigenvalue weighted by atomic mass is 35.5. The predicted molar refractivity (Wildman–Crippen MR) is 79.4 cm³/mol. The molecule has 1 aliphatic heterocycles. The van der Waals surface area contributed by atoms with Crippen LogP contribution in [-0.4, -0.2) is 27.5 Å². The zero-order valence-electron chi connectivity index (χ0n) is 11.3. The SMILES string of the molecule is Cc1ccc(S(=O)(=O)N[C@H]2CCCNC2)cc1C.Cl. The van der Waals surface area contributed by atoms with Crippen LogP contribution in [0.3, 0.4) is 0 Å². The van der Waals surface area contributed by atoms with Crippen molar-refractivity contribution in [2.75, 3.05) is 13.1 Å². The van der Waals surface area contributed by atoms with Crippen LogP contribution in [-0.2, 0) is 10.0 Å². The number of hydrogen-bond acceptors (Lipinski definition) is 3. The molecule has 0 spiro atoms. The summed E-state index contributed by atoms with van der Waals surface area (Å²) in [5.41, 5.74) is 2.10. The Kier molecular flexibility index (Phi) is 5.80. The molecular weight excluding hydrogens is 284 g/mol. The Labute approximate surface area is 121 Å². The molecule has 0 saturated carbocycles. The fourth-order valence-corrected chi connectivity index (χ4v) is 3.48. The molecule has 2 N–H and O–H groups in total. The maximum absolute atomic E-state index is 12.2. The molecule has 0 unspecified atom stereocenters. The lowest BCUT2D eigenvalue weighted by Gasteiger charge is -2.23. The Hall–Kier alpha value is -0.620. The van der Waals surface area contributed by atoms with Crippen LogP contribution in [0.25, 0.3) is 0 Å². The quantitative estimate of drug-likeness (QED) is 0.894. The average Bonchev–Trinajstić information content (AvgIpc) is 2.33. The van der Waals surface area contributed by atoms with Gasteiger partial charge in [0.2, 0.25) is 10.0 Å². The molecular formula is C13H21ClN2O2S. The summed E-state index contributed by atoms with van der Waals surface area (Å²) in [6, 6.07) is 5.25. The standard InChI is InChI=1S/C13H20N2O2S.ClH/c1-10-5-6-13(8-11(10)2)18(16,17)15-12-4-3-7-14-9-12;/h5-6,8,12,14-15H,3-4,7,9H2,1-2H3;1H/t12-;/m0./s1. The van der Waals surface area contributed by atoms with E-state index in [1.165, 1.54) is 0 Å². The number of nitrogens with one attached hydrogen (secondary N) is 2. The number of benzene rings is 1. The summed E-state index contributed by atoms with van der Waals surface area (Å²) in [5.74, 6) is 0. The number of hydrogen-bond donors (Lipinski definition) is 2. The Balaban J connectivity index is 0.00000180. The largest absolute Gasteiger partial charge is 0.315 e. The zero-order chi connectivity index (χ0) is 13.2. The summed E-state index contributed by atoms with van der Waals surface area (Å²) < 4.78 is 27.2. The first-order valence-corrected chi connectivity index (χ1v) is 7.78. The molecule has 19 heavy (non-hydrogen) atoms. The lowest BCUT2D eigenvalue weighted by molar-refractivity contribution is 0.428. The van der Waals surface area contributed by atoms with Crippen molar-refractivity contribution in [3.05, 3.63) is 29.3 Å². The van der Waals surface area contributed by atoms with Crippen LogP contribution in [0.2, 0.25) is 0 Å². The maximum Gasteiger partial charge on any atom is 0.240 e. The van der Waals surface area contributed by atoms with Gasteiger partial charge >= 0.3 is 0 Å². The molecule has 0 bridgehead atoms. The van der Waals surface area contributed by atoms with E-state index >= 15 is 0 Å². The first-order chi connectivity index (χ1) is 8.49. The van der Waals surface area contributed by atoms with Crippen molar-refractivity contribution in [1.82, 2.24) is 10.0 Å². The van der Waals surface area contributed by atoms with Gasteiger partial charge in [0.1, 0.15) is 0 Å². The molecule has 1 fully saturated rings. The van der Waals surface area contributed by atoms with Gasteiger partial charge in [0.15, 0.2) is 0 Å². The van der Waals surface area contributed by atoms with Crippen molar-refractivity contribution in [3.8, 4) is 0 Å². The second kappa shape index (κ2) is 6.70. The monoisotopic (exact) mass is 304 g/mol. The minimum Gasteiger partial charge on any atom is -0.315 e. The first-order valence-electron chi connectivity index (χ1n) is 6.29. The van der Waals surface area contributed by atoms with Crippen LogP contribution < -0.4 is 10.0 Å². The first kappa shape index (κ1) is 16.4. The molecule has 1 heterocycles. The lowest BCUT2D eigenvalue weighted by atomic mass is 10.1. The third kappa shape index (κ3) is 4.18. The summed E-state index contributed by atoms with van der Waals surface area (Å²) >= 11 is 0. The highest BCUT2D eigenvalue weighted by molar-refractivity contribution is 7.89. The summed E-state index contributed by atoms with van der Waals surface area (Å²) in [4.78, 5) is 0.358. The highest BCUT2D eigenvalue weighted by Gasteiger charge is 2.21. The van der Waals surface area contributed by atoms with E-state index in [0.717, 1.165) is 30.5 Å². The third-order valence-corrected chi connectivity index (χ3v) is 4.93. The van der Waals surface area contributed by atoms with Gasteiger partial charge in [0.05, 0.1) is 4.90 Å². The van der Waals surface area contributed by atoms with Gasteiger partial charge in [-0.15, -0.1) is 12.4 Å². The molecule has 0 amide bonds. The molecule has 0 aliphatic carbocycles. The number of sulfonamides is 1. The zero-order valence-corrected chi connectivity index (χ0v) is 12.9. The smallest absolute Gasteiger partial charge is 0.240 e. The molecule has 1 atom stereocenters.